The number of hydrogen-bond donors (Lipinski definition) is 1. The van der Waals surface area contributed by atoms with Crippen LogP contribution >= 0.6 is 0 Å². The molecule has 0 fully saturated rings. The third kappa shape index (κ3) is 2.27. The van der Waals surface area contributed by atoms with Crippen LogP contribution < -0.4 is 0 Å². The van der Waals surface area contributed by atoms with Crippen molar-refractivity contribution >= 4 is 0 Å². The molecule has 0 aromatic carbocycles. The van der Waals surface area contributed by atoms with Gasteiger partial charge in [-0.15, -0.1) is 0 Å². The lowest BCUT2D eigenvalue weighted by Gasteiger charge is -2.26. The van der Waals surface area contributed by atoms with E-state index in [0.29, 0.717) is 17.8 Å². The highest BCUT2D eigenvalue weighted by atomic mass is 16.3. The highest BCUT2D eigenvalue weighted by molar-refractivity contribution is 5.28. The number of aliphatic hydroxyl groups is 1. The average molecular weight is 242 g/mol. The van der Waals surface area contributed by atoms with Gasteiger partial charge in [0.2, 0.25) is 0 Å². The molecule has 18 heavy (non-hydrogen) atoms. The molecule has 0 atom stereocenters. The van der Waals surface area contributed by atoms with E-state index in [0.717, 1.165) is 11.4 Å². The minimum atomic E-state index is -1.11. The molecule has 0 saturated carbocycles. The van der Waals surface area contributed by atoms with Gasteiger partial charge in [-0.1, -0.05) is 19.1 Å². The summed E-state index contributed by atoms with van der Waals surface area (Å²) in [4.78, 5) is 8.86. The molecule has 2 aromatic rings. The van der Waals surface area contributed by atoms with Crippen LogP contribution in [0.4, 0.5) is 0 Å². The normalized spacial score (nSPS) is 11.6. The van der Waals surface area contributed by atoms with Gasteiger partial charge in [0.25, 0.3) is 0 Å². The molecule has 2 heterocycles. The van der Waals surface area contributed by atoms with Gasteiger partial charge in [0, 0.05) is 11.4 Å². The number of aromatic nitrogens is 2. The minimum absolute atomic E-state index is 0.542. The predicted molar refractivity (Wildman–Crippen MR) is 71.2 cm³/mol. The van der Waals surface area contributed by atoms with Crippen molar-refractivity contribution in [3.8, 4) is 0 Å². The third-order valence-corrected chi connectivity index (χ3v) is 3.14. The molecule has 0 aliphatic carbocycles. The minimum Gasteiger partial charge on any atom is -0.377 e. The van der Waals surface area contributed by atoms with Crippen molar-refractivity contribution < 1.29 is 5.11 Å². The first-order valence-electron chi connectivity index (χ1n) is 6.17. The SMILES string of the molecule is CCC(O)(c1cccc(C)n1)c1cccc(C)n1. The molecule has 2 rings (SSSR count). The molecule has 0 aliphatic heterocycles. The summed E-state index contributed by atoms with van der Waals surface area (Å²) in [5.74, 6) is 0. The van der Waals surface area contributed by atoms with Crippen LogP contribution in [-0.4, -0.2) is 15.1 Å². The van der Waals surface area contributed by atoms with Gasteiger partial charge in [0.15, 0.2) is 0 Å². The zero-order valence-corrected chi connectivity index (χ0v) is 11.0. The van der Waals surface area contributed by atoms with Crippen molar-refractivity contribution in [3.05, 3.63) is 59.2 Å². The Bertz CT molecular complexity index is 506. The van der Waals surface area contributed by atoms with Crippen LogP contribution in [0.5, 0.6) is 0 Å². The molecule has 0 aliphatic rings. The first-order valence-corrected chi connectivity index (χ1v) is 6.17. The summed E-state index contributed by atoms with van der Waals surface area (Å²) in [6, 6.07) is 11.4. The van der Waals surface area contributed by atoms with Crippen LogP contribution in [0.15, 0.2) is 36.4 Å². The van der Waals surface area contributed by atoms with E-state index in [1.165, 1.54) is 0 Å². The van der Waals surface area contributed by atoms with Crippen molar-refractivity contribution in [2.45, 2.75) is 32.8 Å². The Hall–Kier alpha value is -1.74. The quantitative estimate of drug-likeness (QED) is 0.900. The molecule has 1 N–H and O–H groups in total. The lowest BCUT2D eigenvalue weighted by Crippen LogP contribution is -2.29. The van der Waals surface area contributed by atoms with E-state index < -0.39 is 5.60 Å². The van der Waals surface area contributed by atoms with E-state index in [4.69, 9.17) is 0 Å². The Morgan fingerprint density at radius 1 is 0.944 bits per heavy atom. The largest absolute Gasteiger partial charge is 0.377 e. The molecule has 3 nitrogen and oxygen atoms in total. The number of rotatable bonds is 3. The maximum atomic E-state index is 10.9. The smallest absolute Gasteiger partial charge is 0.148 e. The van der Waals surface area contributed by atoms with Gasteiger partial charge >= 0.3 is 0 Å². The molecule has 0 spiro atoms. The van der Waals surface area contributed by atoms with Crippen molar-refractivity contribution in [1.82, 2.24) is 9.97 Å². The Balaban J connectivity index is 2.54. The zero-order chi connectivity index (χ0) is 13.2. The first-order chi connectivity index (χ1) is 8.56. The van der Waals surface area contributed by atoms with E-state index in [9.17, 15) is 5.11 Å². The second-order valence-corrected chi connectivity index (χ2v) is 4.54. The van der Waals surface area contributed by atoms with E-state index in [-0.39, 0.29) is 0 Å². The number of nitrogens with zero attached hydrogens (tertiary/aromatic N) is 2. The Kier molecular flexibility index (Phi) is 3.43. The molecule has 2 aromatic heterocycles. The van der Waals surface area contributed by atoms with E-state index >= 15 is 0 Å². The van der Waals surface area contributed by atoms with Gasteiger partial charge in [-0.25, -0.2) is 0 Å². The molecular formula is C15H18N2O. The van der Waals surface area contributed by atoms with Gasteiger partial charge in [-0.3, -0.25) is 9.97 Å². The maximum Gasteiger partial charge on any atom is 0.148 e. The van der Waals surface area contributed by atoms with Crippen LogP contribution in [0.2, 0.25) is 0 Å². The summed E-state index contributed by atoms with van der Waals surface area (Å²) in [6.45, 7) is 5.78. The number of pyridine rings is 2. The van der Waals surface area contributed by atoms with Crippen LogP contribution in [0.3, 0.4) is 0 Å². The average Bonchev–Trinajstić information content (AvgIpc) is 2.38. The van der Waals surface area contributed by atoms with Crippen LogP contribution in [0, 0.1) is 13.8 Å². The molecule has 0 radical (unpaired) electrons. The first kappa shape index (κ1) is 12.7. The van der Waals surface area contributed by atoms with E-state index in [1.807, 2.05) is 57.2 Å². The topological polar surface area (TPSA) is 46.0 Å². The third-order valence-electron chi connectivity index (χ3n) is 3.14. The molecule has 94 valence electrons. The van der Waals surface area contributed by atoms with Gasteiger partial charge in [-0.2, -0.15) is 0 Å². The van der Waals surface area contributed by atoms with Crippen LogP contribution in [-0.2, 0) is 5.60 Å². The van der Waals surface area contributed by atoms with Crippen molar-refractivity contribution in [2.75, 3.05) is 0 Å². The second kappa shape index (κ2) is 4.86. The Morgan fingerprint density at radius 2 is 1.39 bits per heavy atom. The molecule has 0 unspecified atom stereocenters. The van der Waals surface area contributed by atoms with Gasteiger partial charge < -0.3 is 5.11 Å². The monoisotopic (exact) mass is 242 g/mol. The van der Waals surface area contributed by atoms with Gasteiger partial charge in [-0.05, 0) is 44.5 Å². The predicted octanol–water partition coefficient (Wildman–Crippen LogP) is 2.74. The molecular weight excluding hydrogens is 224 g/mol. The maximum absolute atomic E-state index is 10.9. The molecule has 0 saturated heterocycles. The van der Waals surface area contributed by atoms with Gasteiger partial charge in [0.1, 0.15) is 5.60 Å². The fourth-order valence-electron chi connectivity index (χ4n) is 2.04. The van der Waals surface area contributed by atoms with E-state index in [1.54, 1.807) is 0 Å². The van der Waals surface area contributed by atoms with E-state index in [2.05, 4.69) is 9.97 Å². The lowest BCUT2D eigenvalue weighted by molar-refractivity contribution is 0.0670. The highest BCUT2D eigenvalue weighted by Gasteiger charge is 2.32. The fourth-order valence-corrected chi connectivity index (χ4v) is 2.04. The standard InChI is InChI=1S/C15H18N2O/c1-4-15(18,13-9-5-7-11(2)16-13)14-10-6-8-12(3)17-14/h5-10,18H,4H2,1-3H3. The van der Waals surface area contributed by atoms with Crippen molar-refractivity contribution in [1.29, 1.82) is 0 Å². The second-order valence-electron chi connectivity index (χ2n) is 4.54. The number of aryl methyl sites for hydroxylation is 2. The summed E-state index contributed by atoms with van der Waals surface area (Å²) in [5.41, 5.74) is 1.99. The highest BCUT2D eigenvalue weighted by Crippen LogP contribution is 2.30. The molecule has 3 heteroatoms. The van der Waals surface area contributed by atoms with Crippen molar-refractivity contribution in [3.63, 3.8) is 0 Å². The van der Waals surface area contributed by atoms with Crippen LogP contribution in [0.25, 0.3) is 0 Å². The summed E-state index contributed by atoms with van der Waals surface area (Å²) in [5, 5.41) is 10.9. The summed E-state index contributed by atoms with van der Waals surface area (Å²) >= 11 is 0. The summed E-state index contributed by atoms with van der Waals surface area (Å²) < 4.78 is 0. The Labute approximate surface area is 108 Å². The summed E-state index contributed by atoms with van der Waals surface area (Å²) in [6.07, 6.45) is 0.542. The number of hydrogen-bond acceptors (Lipinski definition) is 3. The molecule has 0 amide bonds. The zero-order valence-electron chi connectivity index (χ0n) is 11.0. The van der Waals surface area contributed by atoms with Crippen molar-refractivity contribution in [2.24, 2.45) is 0 Å². The van der Waals surface area contributed by atoms with Gasteiger partial charge in [0.05, 0.1) is 11.4 Å². The summed E-state index contributed by atoms with van der Waals surface area (Å²) in [7, 11) is 0. The Morgan fingerprint density at radius 3 is 1.72 bits per heavy atom. The van der Waals surface area contributed by atoms with Crippen LogP contribution in [0.1, 0.15) is 36.1 Å². The lowest BCUT2D eigenvalue weighted by atomic mass is 9.91. The fraction of sp³-hybridized carbons (Fsp3) is 0.333. The molecule has 0 bridgehead atoms.